The van der Waals surface area contributed by atoms with Gasteiger partial charge in [-0.2, -0.15) is 0 Å². The van der Waals surface area contributed by atoms with Crippen molar-refractivity contribution in [2.45, 2.75) is 0 Å². The molecule has 0 aliphatic heterocycles. The minimum atomic E-state index is -1.83. The molecule has 0 rings (SSSR count). The van der Waals surface area contributed by atoms with Gasteiger partial charge in [0.25, 0.3) is 0 Å². The van der Waals surface area contributed by atoms with E-state index in [4.69, 9.17) is 270 Å². The zero-order valence-electron chi connectivity index (χ0n) is 33.2. The Bertz CT molecular complexity index is 931. The molecular formula is C18H36O54Zn. The number of carbonyl (C=O) groups is 18. The van der Waals surface area contributed by atoms with Crippen molar-refractivity contribution in [2.75, 3.05) is 0 Å². The molecule has 0 spiro atoms. The van der Waals surface area contributed by atoms with Crippen molar-refractivity contribution in [1.82, 2.24) is 0 Å². The third kappa shape index (κ3) is 1250. The summed E-state index contributed by atoms with van der Waals surface area (Å²) >= 11 is 0. The van der Waals surface area contributed by atoms with Crippen LogP contribution in [0.4, 0.5) is 86.3 Å². The zero-order valence-corrected chi connectivity index (χ0v) is 36.1. The summed E-state index contributed by atoms with van der Waals surface area (Å²) in [7, 11) is 0. The monoisotopic (exact) mass is 1180 g/mol. The van der Waals surface area contributed by atoms with Gasteiger partial charge in [-0.3, -0.25) is 0 Å². The Balaban J connectivity index is -0.0000000249. The summed E-state index contributed by atoms with van der Waals surface area (Å²) < 4.78 is 0. The van der Waals surface area contributed by atoms with Crippen molar-refractivity contribution in [1.29, 1.82) is 0 Å². The molecule has 0 saturated carbocycles. The van der Waals surface area contributed by atoms with Crippen LogP contribution in [0.15, 0.2) is 0 Å². The summed E-state index contributed by atoms with van der Waals surface area (Å²) in [5.41, 5.74) is 0. The first-order valence-corrected chi connectivity index (χ1v) is 11.7. The molecule has 0 aliphatic rings. The molecule has 0 amide bonds. The summed E-state index contributed by atoms with van der Waals surface area (Å²) in [6, 6.07) is 0. The number of hydrogen-bond acceptors (Lipinski definition) is 18. The molecule has 0 aromatic rings. The van der Waals surface area contributed by atoms with Gasteiger partial charge in [-0.1, -0.05) is 0 Å². The van der Waals surface area contributed by atoms with E-state index >= 15 is 0 Å². The second-order valence-electron chi connectivity index (χ2n) is 5.09. The largest absolute Gasteiger partial charge is 0.503 e. The minimum absolute atomic E-state index is 0. The van der Waals surface area contributed by atoms with E-state index in [-0.39, 0.29) is 19.5 Å². The Hall–Kier alpha value is -12.5. The van der Waals surface area contributed by atoms with Crippen LogP contribution in [0.3, 0.4) is 0 Å². The fraction of sp³-hybridized carbons (Fsp3) is 0. The summed E-state index contributed by atoms with van der Waals surface area (Å²) in [6.45, 7) is 0. The van der Waals surface area contributed by atoms with Crippen LogP contribution in [0.5, 0.6) is 0 Å². The minimum Gasteiger partial charge on any atom is -0.450 e. The van der Waals surface area contributed by atoms with Crippen molar-refractivity contribution in [3.8, 4) is 0 Å². The smallest absolute Gasteiger partial charge is 0.450 e. The zero-order chi connectivity index (χ0) is 64.4. The van der Waals surface area contributed by atoms with E-state index in [0.717, 1.165) is 0 Å². The van der Waals surface area contributed by atoms with E-state index < -0.39 is 111 Å². The van der Waals surface area contributed by atoms with Crippen LogP contribution < -0.4 is 0 Å². The second kappa shape index (κ2) is 118. The molecule has 73 heavy (non-hydrogen) atoms. The van der Waals surface area contributed by atoms with E-state index in [1.165, 1.54) is 0 Å². The van der Waals surface area contributed by atoms with E-state index in [1.54, 1.807) is 0 Å². The molecule has 0 aromatic carbocycles. The first kappa shape index (κ1) is 124. The summed E-state index contributed by atoms with van der Waals surface area (Å²) in [5.74, 6) is 0. The maximum atomic E-state index is 8.56. The van der Waals surface area contributed by atoms with E-state index in [2.05, 4.69) is 0 Å². The van der Waals surface area contributed by atoms with Crippen LogP contribution in [-0.2, 0) is 19.5 Å². The van der Waals surface area contributed by atoms with Crippen LogP contribution in [0, 0.1) is 0 Å². The first-order chi connectivity index (χ1) is 31.2. The van der Waals surface area contributed by atoms with Crippen LogP contribution >= 0.6 is 0 Å². The van der Waals surface area contributed by atoms with E-state index in [1.807, 2.05) is 0 Å². The Morgan fingerprint density at radius 2 is 0.0959 bits per heavy atom. The third-order valence-corrected chi connectivity index (χ3v) is 0. The molecular weight excluding hydrogens is 1150 g/mol. The average Bonchev–Trinajstić information content (AvgIpc) is 2.91. The molecule has 0 heterocycles. The fourth-order valence-electron chi connectivity index (χ4n) is 0. The Morgan fingerprint density at radius 1 is 0.0959 bits per heavy atom. The quantitative estimate of drug-likeness (QED) is 0.152. The third-order valence-electron chi connectivity index (χ3n) is 0. The van der Waals surface area contributed by atoms with E-state index in [0.29, 0.717) is 0 Å². The Labute approximate surface area is 400 Å². The average molecular weight is 1180 g/mol. The topological polar surface area (TPSA) is 1040 Å². The summed E-state index contributed by atoms with van der Waals surface area (Å²) in [5, 5.41) is 251. The predicted molar refractivity (Wildman–Crippen MR) is 192 cm³/mol. The standard InChI is InChI=1S/18CH2O3.Zn/c18*2-1(3)4;/h18*(H2,2,3,4);. The van der Waals surface area contributed by atoms with Gasteiger partial charge in [0.1, 0.15) is 0 Å². The van der Waals surface area contributed by atoms with Gasteiger partial charge in [-0.25, -0.2) is 86.3 Å². The molecule has 0 unspecified atom stereocenters. The van der Waals surface area contributed by atoms with Gasteiger partial charge in [-0.15, -0.1) is 0 Å². The number of hydrogen-bond donors (Lipinski definition) is 36. The molecule has 0 saturated heterocycles. The first-order valence-electron chi connectivity index (χ1n) is 11.7. The molecule has 0 aromatic heterocycles. The van der Waals surface area contributed by atoms with E-state index in [9.17, 15) is 0 Å². The van der Waals surface area contributed by atoms with Crippen molar-refractivity contribution in [3.63, 3.8) is 0 Å². The van der Waals surface area contributed by atoms with Crippen LogP contribution in [0.2, 0.25) is 0 Å². The van der Waals surface area contributed by atoms with Gasteiger partial charge in [0.15, 0.2) is 0 Å². The predicted octanol–water partition coefficient (Wildman–Crippen LogP) is 4.00. The van der Waals surface area contributed by atoms with Crippen LogP contribution in [0.1, 0.15) is 0 Å². The maximum absolute atomic E-state index is 8.56. The van der Waals surface area contributed by atoms with Gasteiger partial charge in [0.2, 0.25) is 0 Å². The van der Waals surface area contributed by atoms with Crippen LogP contribution in [0.25, 0.3) is 0 Å². The molecule has 434 valence electrons. The van der Waals surface area contributed by atoms with Crippen molar-refractivity contribution in [2.24, 2.45) is 0 Å². The molecule has 0 fully saturated rings. The number of rotatable bonds is 0. The Morgan fingerprint density at radius 3 is 0.0959 bits per heavy atom. The Kier molecular flexibility index (Phi) is 201. The fourth-order valence-corrected chi connectivity index (χ4v) is 0. The molecule has 54 nitrogen and oxygen atoms in total. The van der Waals surface area contributed by atoms with Gasteiger partial charge in [0.05, 0.1) is 0 Å². The molecule has 36 N–H and O–H groups in total. The molecule has 0 bridgehead atoms. The molecule has 0 atom stereocenters. The summed E-state index contributed by atoms with van der Waals surface area (Å²) in [4.78, 5) is 154. The van der Waals surface area contributed by atoms with Crippen molar-refractivity contribution < 1.29 is 290 Å². The molecule has 55 heteroatoms. The maximum Gasteiger partial charge on any atom is 0.503 e. The van der Waals surface area contributed by atoms with Crippen molar-refractivity contribution in [3.05, 3.63) is 0 Å². The second-order valence-corrected chi connectivity index (χ2v) is 5.09. The van der Waals surface area contributed by atoms with Gasteiger partial charge in [-0.05, 0) is 0 Å². The van der Waals surface area contributed by atoms with Crippen LogP contribution in [-0.4, -0.2) is 295 Å². The normalized spacial score (nSPS) is 5.92. The van der Waals surface area contributed by atoms with Crippen molar-refractivity contribution >= 4 is 111 Å². The summed E-state index contributed by atoms with van der Waals surface area (Å²) in [6.07, 6.45) is -33.0. The SMILES string of the molecule is O=C(O)O.O=C(O)O.O=C(O)O.O=C(O)O.O=C(O)O.O=C(O)O.O=C(O)O.O=C(O)O.O=C(O)O.O=C(O)O.O=C(O)O.O=C(O)O.O=C(O)O.O=C(O)O.O=C(O)O.O=C(O)O.O=C(O)O.O=C(O)O.[Zn]. The molecule has 0 radical (unpaired) electrons. The van der Waals surface area contributed by atoms with Gasteiger partial charge < -0.3 is 184 Å². The van der Waals surface area contributed by atoms with Gasteiger partial charge >= 0.3 is 111 Å². The van der Waals surface area contributed by atoms with Gasteiger partial charge in [0, 0.05) is 19.5 Å². The number of carboxylic acid groups (broad SMARTS) is 36. The molecule has 0 aliphatic carbocycles.